The van der Waals surface area contributed by atoms with Crippen molar-refractivity contribution in [2.45, 2.75) is 57.9 Å². The van der Waals surface area contributed by atoms with Gasteiger partial charge in [-0.05, 0) is 25.2 Å². The van der Waals surface area contributed by atoms with Gasteiger partial charge in [0, 0.05) is 30.8 Å². The third-order valence-corrected chi connectivity index (χ3v) is 5.09. The molecule has 1 aromatic heterocycles. The predicted molar refractivity (Wildman–Crippen MR) is 84.5 cm³/mol. The molecule has 0 aliphatic carbocycles. The topological polar surface area (TPSA) is 34.6 Å². The van der Waals surface area contributed by atoms with Gasteiger partial charge < -0.3 is 9.47 Å². The summed E-state index contributed by atoms with van der Waals surface area (Å²) in [5.74, 6) is 0.599. The molecule has 2 fully saturated rings. The van der Waals surface area contributed by atoms with E-state index in [9.17, 15) is 0 Å². The number of hydrogen-bond acceptors (Lipinski definition) is 5. The van der Waals surface area contributed by atoms with E-state index in [2.05, 4.69) is 29.1 Å². The van der Waals surface area contributed by atoms with Crippen LogP contribution in [0.15, 0.2) is 11.6 Å². The fourth-order valence-corrected chi connectivity index (χ4v) is 3.99. The molecule has 0 aromatic carbocycles. The van der Waals surface area contributed by atoms with E-state index < -0.39 is 0 Å². The number of fused-ring (bicyclic) bond motifs is 1. The first-order valence-electron chi connectivity index (χ1n) is 8.08. The van der Waals surface area contributed by atoms with Crippen LogP contribution in [0.4, 0.5) is 0 Å². The number of hydrogen-bond donors (Lipinski definition) is 0. The molecule has 3 atom stereocenters. The Hall–Kier alpha value is -0.490. The SMILES string of the molecule is CC(C)COC[C@@H]1CC[C@@H]2[C@@H](CCN2Cc2nccs2)O1. The van der Waals surface area contributed by atoms with Crippen LogP contribution in [0.3, 0.4) is 0 Å². The van der Waals surface area contributed by atoms with Gasteiger partial charge >= 0.3 is 0 Å². The van der Waals surface area contributed by atoms with Crippen LogP contribution in [0.2, 0.25) is 0 Å². The minimum absolute atomic E-state index is 0.296. The number of thiazole rings is 1. The van der Waals surface area contributed by atoms with Gasteiger partial charge in [-0.2, -0.15) is 0 Å². The summed E-state index contributed by atoms with van der Waals surface area (Å²) in [5, 5.41) is 3.28. The van der Waals surface area contributed by atoms with Crippen molar-refractivity contribution in [1.82, 2.24) is 9.88 Å². The van der Waals surface area contributed by atoms with Gasteiger partial charge in [0.25, 0.3) is 0 Å². The zero-order valence-corrected chi connectivity index (χ0v) is 13.8. The van der Waals surface area contributed by atoms with E-state index in [-0.39, 0.29) is 0 Å². The predicted octanol–water partition coefficient (Wildman–Crippen LogP) is 2.94. The molecule has 0 bridgehead atoms. The standard InChI is InChI=1S/C16H26N2O2S/c1-12(2)10-19-11-13-3-4-14-15(20-13)5-7-18(14)9-16-17-6-8-21-16/h6,8,12-15H,3-5,7,9-11H2,1-2H3/t13-,14+,15+/m0/s1. The van der Waals surface area contributed by atoms with Crippen LogP contribution >= 0.6 is 11.3 Å². The summed E-state index contributed by atoms with van der Waals surface area (Å²) in [6.45, 7) is 8.08. The van der Waals surface area contributed by atoms with Crippen molar-refractivity contribution in [3.63, 3.8) is 0 Å². The zero-order valence-electron chi connectivity index (χ0n) is 13.0. The van der Waals surface area contributed by atoms with Crippen molar-refractivity contribution in [2.24, 2.45) is 5.92 Å². The van der Waals surface area contributed by atoms with Crippen LogP contribution < -0.4 is 0 Å². The Morgan fingerprint density at radius 2 is 2.33 bits per heavy atom. The molecule has 2 saturated heterocycles. The summed E-state index contributed by atoms with van der Waals surface area (Å²) < 4.78 is 12.0. The Labute approximate surface area is 131 Å². The minimum atomic E-state index is 0.296. The molecular formula is C16H26N2O2S. The highest BCUT2D eigenvalue weighted by Gasteiger charge is 2.39. The van der Waals surface area contributed by atoms with Crippen LogP contribution in [0, 0.1) is 5.92 Å². The Balaban J connectivity index is 1.46. The fraction of sp³-hybridized carbons (Fsp3) is 0.812. The molecule has 2 aliphatic rings. The minimum Gasteiger partial charge on any atom is -0.378 e. The number of likely N-dealkylation sites (tertiary alicyclic amines) is 1. The van der Waals surface area contributed by atoms with Crippen molar-refractivity contribution in [3.8, 4) is 0 Å². The molecule has 5 heteroatoms. The largest absolute Gasteiger partial charge is 0.378 e. The first kappa shape index (κ1) is 15.4. The van der Waals surface area contributed by atoms with Gasteiger partial charge in [0.2, 0.25) is 0 Å². The van der Waals surface area contributed by atoms with Gasteiger partial charge in [-0.25, -0.2) is 4.98 Å². The van der Waals surface area contributed by atoms with Crippen molar-refractivity contribution < 1.29 is 9.47 Å². The van der Waals surface area contributed by atoms with Crippen LogP contribution in [-0.4, -0.2) is 47.9 Å². The Morgan fingerprint density at radius 3 is 3.10 bits per heavy atom. The third-order valence-electron chi connectivity index (χ3n) is 4.33. The lowest BCUT2D eigenvalue weighted by Crippen LogP contribution is -2.43. The lowest BCUT2D eigenvalue weighted by molar-refractivity contribution is -0.102. The van der Waals surface area contributed by atoms with Crippen molar-refractivity contribution in [3.05, 3.63) is 16.6 Å². The van der Waals surface area contributed by atoms with Crippen molar-refractivity contribution in [1.29, 1.82) is 0 Å². The van der Waals surface area contributed by atoms with Crippen LogP contribution in [0.5, 0.6) is 0 Å². The zero-order chi connectivity index (χ0) is 14.7. The molecule has 0 amide bonds. The van der Waals surface area contributed by atoms with Gasteiger partial charge in [-0.3, -0.25) is 4.90 Å². The first-order chi connectivity index (χ1) is 10.2. The van der Waals surface area contributed by atoms with Crippen molar-refractivity contribution >= 4 is 11.3 Å². The van der Waals surface area contributed by atoms with Crippen LogP contribution in [0.25, 0.3) is 0 Å². The third kappa shape index (κ3) is 4.03. The van der Waals surface area contributed by atoms with Crippen LogP contribution in [0.1, 0.15) is 38.1 Å². The second-order valence-corrected chi connectivity index (χ2v) is 7.54. The summed E-state index contributed by atoms with van der Waals surface area (Å²) in [7, 11) is 0. The molecule has 118 valence electrons. The molecule has 0 unspecified atom stereocenters. The molecule has 3 rings (SSSR count). The highest BCUT2D eigenvalue weighted by atomic mass is 32.1. The molecule has 2 aliphatic heterocycles. The van der Waals surface area contributed by atoms with Crippen LogP contribution in [-0.2, 0) is 16.0 Å². The van der Waals surface area contributed by atoms with Crippen molar-refractivity contribution in [2.75, 3.05) is 19.8 Å². The summed E-state index contributed by atoms with van der Waals surface area (Å²) in [4.78, 5) is 6.96. The summed E-state index contributed by atoms with van der Waals surface area (Å²) in [6, 6.07) is 0.579. The molecule has 0 N–H and O–H groups in total. The Bertz CT molecular complexity index is 424. The number of nitrogens with zero attached hydrogens (tertiary/aromatic N) is 2. The first-order valence-corrected chi connectivity index (χ1v) is 8.96. The number of ether oxygens (including phenoxy) is 2. The molecule has 0 saturated carbocycles. The van der Waals surface area contributed by atoms with E-state index in [4.69, 9.17) is 9.47 Å². The van der Waals surface area contributed by atoms with E-state index in [0.717, 1.165) is 39.1 Å². The van der Waals surface area contributed by atoms with E-state index in [1.807, 2.05) is 6.20 Å². The van der Waals surface area contributed by atoms with Gasteiger partial charge in [0.05, 0.1) is 25.4 Å². The molecule has 3 heterocycles. The highest BCUT2D eigenvalue weighted by Crippen LogP contribution is 2.32. The molecule has 0 spiro atoms. The summed E-state index contributed by atoms with van der Waals surface area (Å²) >= 11 is 1.75. The maximum atomic E-state index is 6.26. The highest BCUT2D eigenvalue weighted by molar-refractivity contribution is 7.09. The van der Waals surface area contributed by atoms with Gasteiger partial charge in [-0.1, -0.05) is 13.8 Å². The molecule has 1 aromatic rings. The van der Waals surface area contributed by atoms with E-state index in [1.54, 1.807) is 11.3 Å². The Morgan fingerprint density at radius 1 is 1.43 bits per heavy atom. The van der Waals surface area contributed by atoms with Gasteiger partial charge in [0.15, 0.2) is 0 Å². The quantitative estimate of drug-likeness (QED) is 0.809. The molecule has 21 heavy (non-hydrogen) atoms. The van der Waals surface area contributed by atoms with E-state index >= 15 is 0 Å². The Kier molecular flexibility index (Phi) is 5.27. The lowest BCUT2D eigenvalue weighted by Gasteiger charge is -2.35. The lowest BCUT2D eigenvalue weighted by atomic mass is 9.99. The number of rotatable bonds is 6. The fourth-order valence-electron chi connectivity index (χ4n) is 3.34. The van der Waals surface area contributed by atoms with E-state index in [1.165, 1.54) is 11.4 Å². The molecular weight excluding hydrogens is 284 g/mol. The second kappa shape index (κ2) is 7.18. The monoisotopic (exact) mass is 310 g/mol. The smallest absolute Gasteiger partial charge is 0.107 e. The van der Waals surface area contributed by atoms with Gasteiger partial charge in [-0.15, -0.1) is 11.3 Å². The average molecular weight is 310 g/mol. The van der Waals surface area contributed by atoms with Gasteiger partial charge in [0.1, 0.15) is 5.01 Å². The summed E-state index contributed by atoms with van der Waals surface area (Å²) in [6.07, 6.45) is 6.08. The molecule has 0 radical (unpaired) electrons. The maximum absolute atomic E-state index is 6.26. The average Bonchev–Trinajstić information content (AvgIpc) is 3.09. The number of aromatic nitrogens is 1. The molecule has 4 nitrogen and oxygen atoms in total. The summed E-state index contributed by atoms with van der Waals surface area (Å²) in [5.41, 5.74) is 0. The van der Waals surface area contributed by atoms with E-state index in [0.29, 0.717) is 24.2 Å². The maximum Gasteiger partial charge on any atom is 0.107 e. The normalized spacial score (nSPS) is 30.0. The second-order valence-electron chi connectivity index (χ2n) is 6.56.